The topological polar surface area (TPSA) is 66.4 Å². The first kappa shape index (κ1) is 11.6. The lowest BCUT2D eigenvalue weighted by molar-refractivity contribution is -0.120. The smallest absolute Gasteiger partial charge is 0.256 e. The van der Waals surface area contributed by atoms with Crippen molar-refractivity contribution in [1.29, 1.82) is 0 Å². The van der Waals surface area contributed by atoms with Crippen LogP contribution in [0.5, 0.6) is 0 Å². The Morgan fingerprint density at radius 2 is 2.18 bits per heavy atom. The zero-order chi connectivity index (χ0) is 12.5. The number of guanidine groups is 1. The largest absolute Gasteiger partial charge is 0.351 e. The molecule has 0 aromatic carbocycles. The van der Waals surface area contributed by atoms with E-state index in [0.717, 1.165) is 5.56 Å². The molecule has 0 bridgehead atoms. The lowest BCUT2D eigenvalue weighted by Crippen LogP contribution is -2.46. The molecule has 1 atom stereocenters. The number of aliphatic imine (C=N–C) groups is 1. The molecule has 0 fully saturated rings. The van der Waals surface area contributed by atoms with Crippen LogP contribution in [0, 0.1) is 0 Å². The minimum Gasteiger partial charge on any atom is -0.351 e. The van der Waals surface area contributed by atoms with Gasteiger partial charge in [0.05, 0.1) is 0 Å². The molecule has 1 aromatic heterocycles. The Hall–Kier alpha value is -1.91. The van der Waals surface area contributed by atoms with Gasteiger partial charge in [0.25, 0.3) is 5.91 Å². The lowest BCUT2D eigenvalue weighted by Gasteiger charge is -2.21. The number of carbonyl (C=O) groups excluding carboxylic acids is 1. The van der Waals surface area contributed by atoms with Crippen LogP contribution in [0.15, 0.2) is 29.5 Å². The van der Waals surface area contributed by atoms with E-state index in [9.17, 15) is 4.79 Å². The predicted molar refractivity (Wildman–Crippen MR) is 65.4 cm³/mol. The van der Waals surface area contributed by atoms with Gasteiger partial charge >= 0.3 is 0 Å². The molecule has 17 heavy (non-hydrogen) atoms. The number of carbonyl (C=O) groups is 1. The van der Waals surface area contributed by atoms with Gasteiger partial charge in [-0.3, -0.25) is 15.1 Å². The van der Waals surface area contributed by atoms with Crippen LogP contribution in [0.2, 0.25) is 0 Å². The van der Waals surface area contributed by atoms with Crippen molar-refractivity contribution in [2.24, 2.45) is 4.99 Å². The van der Waals surface area contributed by atoms with Crippen LogP contribution < -0.4 is 10.6 Å². The maximum absolute atomic E-state index is 11.8. The molecule has 90 valence electrons. The Morgan fingerprint density at radius 3 is 2.76 bits per heavy atom. The molecular weight excluding hydrogens is 216 g/mol. The first-order chi connectivity index (χ1) is 7.96. The number of hydrogen-bond donors (Lipinski definition) is 2. The van der Waals surface area contributed by atoms with E-state index in [1.807, 2.05) is 26.8 Å². The Labute approximate surface area is 100 Å². The van der Waals surface area contributed by atoms with Crippen LogP contribution in [0.25, 0.3) is 0 Å². The van der Waals surface area contributed by atoms with E-state index >= 15 is 0 Å². The van der Waals surface area contributed by atoms with Gasteiger partial charge in [0, 0.05) is 23.5 Å². The second kappa shape index (κ2) is 4.16. The highest BCUT2D eigenvalue weighted by atomic mass is 16.2. The first-order valence-electron chi connectivity index (χ1n) is 5.52. The van der Waals surface area contributed by atoms with Gasteiger partial charge in [-0.05, 0) is 26.8 Å². The second-order valence-corrected chi connectivity index (χ2v) is 5.03. The molecule has 1 unspecified atom stereocenters. The fourth-order valence-corrected chi connectivity index (χ4v) is 1.59. The normalized spacial score (nSPS) is 19.8. The Kier molecular flexibility index (Phi) is 2.83. The van der Waals surface area contributed by atoms with E-state index in [1.165, 1.54) is 0 Å². The summed E-state index contributed by atoms with van der Waals surface area (Å²) in [6.45, 7) is 6.04. The summed E-state index contributed by atoms with van der Waals surface area (Å²) in [6.07, 6.45) is 3.34. The number of nitrogens with zero attached hydrogens (tertiary/aromatic N) is 2. The van der Waals surface area contributed by atoms with Crippen LogP contribution in [-0.2, 0) is 4.79 Å². The lowest BCUT2D eigenvalue weighted by atomic mass is 10.1. The molecule has 0 saturated carbocycles. The van der Waals surface area contributed by atoms with E-state index in [-0.39, 0.29) is 11.4 Å². The Morgan fingerprint density at radius 1 is 1.41 bits per heavy atom. The highest BCUT2D eigenvalue weighted by Gasteiger charge is 2.29. The minimum atomic E-state index is -0.492. The number of hydrogen-bond acceptors (Lipinski definition) is 4. The summed E-state index contributed by atoms with van der Waals surface area (Å²) >= 11 is 0. The van der Waals surface area contributed by atoms with Crippen molar-refractivity contribution in [3.8, 4) is 0 Å². The average Bonchev–Trinajstić information content (AvgIpc) is 2.58. The number of rotatable bonds is 1. The molecule has 2 N–H and O–H groups in total. The van der Waals surface area contributed by atoms with E-state index in [0.29, 0.717) is 5.96 Å². The third-order valence-electron chi connectivity index (χ3n) is 2.24. The van der Waals surface area contributed by atoms with E-state index in [4.69, 9.17) is 0 Å². The fraction of sp³-hybridized carbons (Fsp3) is 0.417. The van der Waals surface area contributed by atoms with Crippen LogP contribution >= 0.6 is 0 Å². The molecule has 0 saturated heterocycles. The van der Waals surface area contributed by atoms with Crippen LogP contribution in [0.3, 0.4) is 0 Å². The van der Waals surface area contributed by atoms with E-state index in [2.05, 4.69) is 20.6 Å². The number of aromatic nitrogens is 1. The molecule has 0 radical (unpaired) electrons. The summed E-state index contributed by atoms with van der Waals surface area (Å²) in [4.78, 5) is 20.1. The van der Waals surface area contributed by atoms with Gasteiger partial charge in [0.1, 0.15) is 0 Å². The van der Waals surface area contributed by atoms with E-state index in [1.54, 1.807) is 18.5 Å². The Balaban J connectivity index is 2.18. The predicted octanol–water partition coefficient (Wildman–Crippen LogP) is 0.997. The standard InChI is InChI=1S/C12H16N4O/c1-12(2,3)16-11-14-9(10(17)15-11)8-5-4-6-13-7-8/h4-7,9H,1-3H3,(H2,14,15,16,17). The number of pyridine rings is 1. The van der Waals surface area contributed by atoms with Crippen LogP contribution in [-0.4, -0.2) is 22.4 Å². The summed E-state index contributed by atoms with van der Waals surface area (Å²) in [5, 5.41) is 5.88. The highest BCUT2D eigenvalue weighted by Crippen LogP contribution is 2.20. The molecule has 2 heterocycles. The summed E-state index contributed by atoms with van der Waals surface area (Å²) in [5.41, 5.74) is 0.673. The molecule has 5 nitrogen and oxygen atoms in total. The van der Waals surface area contributed by atoms with Gasteiger partial charge in [0.15, 0.2) is 12.0 Å². The molecular formula is C12H16N4O. The third-order valence-corrected chi connectivity index (χ3v) is 2.24. The molecule has 0 aliphatic carbocycles. The maximum Gasteiger partial charge on any atom is 0.256 e. The molecule has 0 spiro atoms. The Bertz CT molecular complexity index is 447. The van der Waals surface area contributed by atoms with Gasteiger partial charge < -0.3 is 5.32 Å². The molecule has 1 amide bonds. The van der Waals surface area contributed by atoms with Crippen molar-refractivity contribution in [2.45, 2.75) is 32.4 Å². The van der Waals surface area contributed by atoms with Crippen molar-refractivity contribution in [3.05, 3.63) is 30.1 Å². The van der Waals surface area contributed by atoms with Crippen LogP contribution in [0.4, 0.5) is 0 Å². The monoisotopic (exact) mass is 232 g/mol. The highest BCUT2D eigenvalue weighted by molar-refractivity contribution is 6.05. The summed E-state index contributed by atoms with van der Waals surface area (Å²) < 4.78 is 0. The zero-order valence-corrected chi connectivity index (χ0v) is 10.2. The van der Waals surface area contributed by atoms with Gasteiger partial charge in [-0.25, -0.2) is 4.99 Å². The zero-order valence-electron chi connectivity index (χ0n) is 10.2. The minimum absolute atomic E-state index is 0.121. The van der Waals surface area contributed by atoms with E-state index < -0.39 is 6.04 Å². The summed E-state index contributed by atoms with van der Waals surface area (Å²) in [5.74, 6) is 0.404. The van der Waals surface area contributed by atoms with Gasteiger partial charge in [0.2, 0.25) is 0 Å². The van der Waals surface area contributed by atoms with Crippen molar-refractivity contribution in [2.75, 3.05) is 0 Å². The fourth-order valence-electron chi connectivity index (χ4n) is 1.59. The number of nitrogens with one attached hydrogen (secondary N) is 2. The summed E-state index contributed by atoms with van der Waals surface area (Å²) in [7, 11) is 0. The number of amides is 1. The van der Waals surface area contributed by atoms with Crippen molar-refractivity contribution < 1.29 is 4.79 Å². The third kappa shape index (κ3) is 2.81. The van der Waals surface area contributed by atoms with Crippen molar-refractivity contribution in [1.82, 2.24) is 15.6 Å². The van der Waals surface area contributed by atoms with Crippen molar-refractivity contribution >= 4 is 11.9 Å². The quantitative estimate of drug-likeness (QED) is 0.759. The SMILES string of the molecule is CC(C)(C)NC1=NC(c2cccnc2)C(=O)N1. The van der Waals surface area contributed by atoms with Crippen molar-refractivity contribution in [3.63, 3.8) is 0 Å². The van der Waals surface area contributed by atoms with Gasteiger partial charge in [-0.1, -0.05) is 6.07 Å². The maximum atomic E-state index is 11.8. The molecule has 1 aliphatic heterocycles. The molecule has 1 aliphatic rings. The second-order valence-electron chi connectivity index (χ2n) is 5.03. The molecule has 5 heteroatoms. The van der Waals surface area contributed by atoms with Crippen LogP contribution in [0.1, 0.15) is 32.4 Å². The van der Waals surface area contributed by atoms with Gasteiger partial charge in [-0.2, -0.15) is 0 Å². The average molecular weight is 232 g/mol. The van der Waals surface area contributed by atoms with Gasteiger partial charge in [-0.15, -0.1) is 0 Å². The first-order valence-corrected chi connectivity index (χ1v) is 5.52. The summed E-state index contributed by atoms with van der Waals surface area (Å²) in [6, 6.07) is 3.15. The molecule has 2 rings (SSSR count). The molecule has 1 aromatic rings.